The smallest absolute Gasteiger partial charge is 0.410 e. The molecule has 0 aliphatic carbocycles. The quantitative estimate of drug-likeness (QED) is 0.455. The number of nitrogens with zero attached hydrogens (tertiary/aromatic N) is 6. The molecule has 0 radical (unpaired) electrons. The molecule has 2 aliphatic heterocycles. The van der Waals surface area contributed by atoms with Gasteiger partial charge in [-0.1, -0.05) is 6.07 Å². The number of likely N-dealkylation sites (tertiary alicyclic amines) is 1. The highest BCUT2D eigenvalue weighted by Gasteiger charge is 2.40. The predicted molar refractivity (Wildman–Crippen MR) is 153 cm³/mol. The van der Waals surface area contributed by atoms with Crippen molar-refractivity contribution < 1.29 is 14.3 Å². The molecule has 0 saturated carbocycles. The van der Waals surface area contributed by atoms with E-state index in [0.29, 0.717) is 49.4 Å². The molecule has 212 valence electrons. The maximum absolute atomic E-state index is 13.0. The monoisotopic (exact) mass is 546 g/mol. The zero-order valence-electron chi connectivity index (χ0n) is 23.5. The molecule has 3 aromatic rings. The van der Waals surface area contributed by atoms with Crippen LogP contribution in [0.3, 0.4) is 0 Å². The Morgan fingerprint density at radius 2 is 1.90 bits per heavy atom. The first-order valence-electron chi connectivity index (χ1n) is 14.0. The van der Waals surface area contributed by atoms with Gasteiger partial charge in [-0.2, -0.15) is 4.98 Å². The molecule has 2 atom stereocenters. The van der Waals surface area contributed by atoms with E-state index in [2.05, 4.69) is 25.5 Å². The van der Waals surface area contributed by atoms with Gasteiger partial charge in [-0.3, -0.25) is 14.8 Å². The number of fused-ring (bicyclic) bond motifs is 2. The Hall–Kier alpha value is -4.02. The van der Waals surface area contributed by atoms with Crippen molar-refractivity contribution in [3.8, 4) is 0 Å². The maximum atomic E-state index is 13.0. The molecule has 0 aromatic carbocycles. The Morgan fingerprint density at radius 3 is 2.70 bits per heavy atom. The number of ether oxygens (including phenoxy) is 1. The number of aromatic nitrogens is 4. The Morgan fingerprint density at radius 1 is 1.05 bits per heavy atom. The maximum Gasteiger partial charge on any atom is 0.410 e. The number of carbonyl (C=O) groups excluding carboxylic acids is 2. The molecule has 2 N–H and O–H groups in total. The highest BCUT2D eigenvalue weighted by atomic mass is 16.6. The Labute approximate surface area is 234 Å². The van der Waals surface area contributed by atoms with E-state index < -0.39 is 5.60 Å². The van der Waals surface area contributed by atoms with E-state index in [0.717, 1.165) is 37.0 Å². The molecule has 11 nitrogen and oxygen atoms in total. The zero-order valence-corrected chi connectivity index (χ0v) is 23.5. The SMILES string of the molecule is CC(C)(C)OC(=O)N1CCCC2CCN(c3nc(NCCC(=O)NCc4ccccn4)c4ncccc4n3)CC21. The van der Waals surface area contributed by atoms with Gasteiger partial charge in [-0.25, -0.2) is 9.78 Å². The number of piperidine rings is 2. The molecule has 2 aliphatic rings. The third-order valence-corrected chi connectivity index (χ3v) is 7.29. The summed E-state index contributed by atoms with van der Waals surface area (Å²) in [7, 11) is 0. The third kappa shape index (κ3) is 6.75. The lowest BCUT2D eigenvalue weighted by molar-refractivity contribution is -0.121. The van der Waals surface area contributed by atoms with Crippen molar-refractivity contribution in [1.29, 1.82) is 0 Å². The van der Waals surface area contributed by atoms with Crippen LogP contribution in [0.25, 0.3) is 11.0 Å². The minimum atomic E-state index is -0.539. The van der Waals surface area contributed by atoms with Gasteiger partial charge in [0.15, 0.2) is 5.82 Å². The van der Waals surface area contributed by atoms with E-state index >= 15 is 0 Å². The molecule has 2 unspecified atom stereocenters. The van der Waals surface area contributed by atoms with Gasteiger partial charge < -0.3 is 25.2 Å². The Kier molecular flexibility index (Phi) is 8.27. The van der Waals surface area contributed by atoms with Crippen LogP contribution >= 0.6 is 0 Å². The van der Waals surface area contributed by atoms with E-state index in [1.165, 1.54) is 0 Å². The number of rotatable bonds is 7. The summed E-state index contributed by atoms with van der Waals surface area (Å²) in [4.78, 5) is 47.9. The van der Waals surface area contributed by atoms with E-state index in [9.17, 15) is 9.59 Å². The van der Waals surface area contributed by atoms with Crippen LogP contribution in [0.5, 0.6) is 0 Å². The second-order valence-electron chi connectivity index (χ2n) is 11.4. The van der Waals surface area contributed by atoms with Crippen molar-refractivity contribution in [2.24, 2.45) is 5.92 Å². The van der Waals surface area contributed by atoms with Crippen molar-refractivity contribution in [1.82, 2.24) is 30.2 Å². The summed E-state index contributed by atoms with van der Waals surface area (Å²) in [6.45, 7) is 8.63. The molecule has 0 bridgehead atoms. The molecule has 2 amide bonds. The number of hydrogen-bond acceptors (Lipinski definition) is 9. The van der Waals surface area contributed by atoms with Gasteiger partial charge in [-0.05, 0) is 70.2 Å². The number of amides is 2. The van der Waals surface area contributed by atoms with Crippen LogP contribution < -0.4 is 15.5 Å². The topological polar surface area (TPSA) is 125 Å². The molecule has 3 aromatic heterocycles. The minimum Gasteiger partial charge on any atom is -0.444 e. The summed E-state index contributed by atoms with van der Waals surface area (Å²) < 4.78 is 5.73. The van der Waals surface area contributed by atoms with Crippen molar-refractivity contribution >= 4 is 34.8 Å². The fourth-order valence-corrected chi connectivity index (χ4v) is 5.38. The van der Waals surface area contributed by atoms with Crippen LogP contribution in [0.15, 0.2) is 42.7 Å². The minimum absolute atomic E-state index is 0.0461. The Balaban J connectivity index is 1.27. The molecule has 40 heavy (non-hydrogen) atoms. The fraction of sp³-hybridized carbons (Fsp3) is 0.517. The highest BCUT2D eigenvalue weighted by molar-refractivity contribution is 5.86. The summed E-state index contributed by atoms with van der Waals surface area (Å²) in [6, 6.07) is 9.43. The zero-order chi connectivity index (χ0) is 28.1. The second-order valence-corrected chi connectivity index (χ2v) is 11.4. The molecular weight excluding hydrogens is 508 g/mol. The van der Waals surface area contributed by atoms with E-state index in [-0.39, 0.29) is 24.5 Å². The summed E-state index contributed by atoms with van der Waals surface area (Å²) in [5.41, 5.74) is 1.65. The second kappa shape index (κ2) is 12.0. The summed E-state index contributed by atoms with van der Waals surface area (Å²) in [5, 5.41) is 6.20. The molecular formula is C29H38N8O3. The number of pyridine rings is 2. The first kappa shape index (κ1) is 27.5. The summed E-state index contributed by atoms with van der Waals surface area (Å²) in [5.74, 6) is 1.54. The van der Waals surface area contributed by atoms with Gasteiger partial charge in [0, 0.05) is 45.0 Å². The lowest BCUT2D eigenvalue weighted by Crippen LogP contribution is -2.58. The molecule has 0 spiro atoms. The number of carbonyl (C=O) groups is 2. The standard InChI is InChI=1S/C29H38N8O3/c1-29(2,3)40-28(39)37-16-7-8-20-12-17-36(19-23(20)37)27-34-22-10-6-14-31-25(22)26(35-27)32-15-11-24(38)33-18-21-9-4-5-13-30-21/h4-6,9-10,13-14,20,23H,7-8,11-12,15-19H2,1-3H3,(H,33,38)(H,32,34,35). The van der Waals surface area contributed by atoms with Gasteiger partial charge >= 0.3 is 6.09 Å². The van der Waals surface area contributed by atoms with Crippen LogP contribution in [0.2, 0.25) is 0 Å². The van der Waals surface area contributed by atoms with Crippen molar-refractivity contribution in [3.05, 3.63) is 48.4 Å². The molecule has 2 fully saturated rings. The van der Waals surface area contributed by atoms with Crippen LogP contribution in [-0.2, 0) is 16.1 Å². The van der Waals surface area contributed by atoms with Gasteiger partial charge in [0.2, 0.25) is 11.9 Å². The molecule has 5 rings (SSSR count). The Bertz CT molecular complexity index is 1330. The molecule has 5 heterocycles. The average Bonchev–Trinajstić information content (AvgIpc) is 2.95. The van der Waals surface area contributed by atoms with Crippen LogP contribution in [0.1, 0.15) is 52.1 Å². The summed E-state index contributed by atoms with van der Waals surface area (Å²) in [6.07, 6.45) is 6.49. The fourth-order valence-electron chi connectivity index (χ4n) is 5.38. The normalized spacial score (nSPS) is 19.2. The van der Waals surface area contributed by atoms with Crippen LogP contribution in [-0.4, -0.2) is 74.7 Å². The van der Waals surface area contributed by atoms with Gasteiger partial charge in [0.05, 0.1) is 23.8 Å². The van der Waals surface area contributed by atoms with E-state index in [1.807, 2.05) is 56.0 Å². The lowest BCUT2D eigenvalue weighted by Gasteiger charge is -2.47. The molecule has 2 saturated heterocycles. The third-order valence-electron chi connectivity index (χ3n) is 7.29. The molecule has 11 heteroatoms. The largest absolute Gasteiger partial charge is 0.444 e. The lowest BCUT2D eigenvalue weighted by atomic mass is 9.83. The summed E-state index contributed by atoms with van der Waals surface area (Å²) >= 11 is 0. The average molecular weight is 547 g/mol. The van der Waals surface area contributed by atoms with Gasteiger partial charge in [-0.15, -0.1) is 0 Å². The highest BCUT2D eigenvalue weighted by Crippen LogP contribution is 2.34. The van der Waals surface area contributed by atoms with Crippen molar-refractivity contribution in [3.63, 3.8) is 0 Å². The van der Waals surface area contributed by atoms with Crippen molar-refractivity contribution in [2.45, 2.75) is 64.6 Å². The number of hydrogen-bond donors (Lipinski definition) is 2. The predicted octanol–water partition coefficient (Wildman–Crippen LogP) is 3.76. The van der Waals surface area contributed by atoms with E-state index in [4.69, 9.17) is 14.7 Å². The number of anilines is 2. The van der Waals surface area contributed by atoms with E-state index in [1.54, 1.807) is 12.4 Å². The first-order chi connectivity index (χ1) is 19.3. The van der Waals surface area contributed by atoms with Crippen LogP contribution in [0.4, 0.5) is 16.6 Å². The van der Waals surface area contributed by atoms with Gasteiger partial charge in [0.25, 0.3) is 0 Å². The number of nitrogens with one attached hydrogen (secondary N) is 2. The first-order valence-corrected chi connectivity index (χ1v) is 14.0. The van der Waals surface area contributed by atoms with Crippen LogP contribution in [0, 0.1) is 5.92 Å². The van der Waals surface area contributed by atoms with Gasteiger partial charge in [0.1, 0.15) is 11.1 Å². The van der Waals surface area contributed by atoms with Crippen molar-refractivity contribution in [2.75, 3.05) is 36.4 Å².